The number of β-amino-alcohol motifs (C(OH)–C–C–N with tert-alkyl or cyclic N) is 1. The summed E-state index contributed by atoms with van der Waals surface area (Å²) in [6.07, 6.45) is 2.17. The Bertz CT molecular complexity index is 161. The van der Waals surface area contributed by atoms with E-state index in [1.54, 1.807) is 7.11 Å². The molecule has 1 atom stereocenters. The molecule has 3 nitrogen and oxygen atoms in total. The predicted octanol–water partition coefficient (Wildman–Crippen LogP) is 1.12. The highest BCUT2D eigenvalue weighted by molar-refractivity contribution is 4.93. The van der Waals surface area contributed by atoms with E-state index in [9.17, 15) is 5.11 Å². The van der Waals surface area contributed by atoms with E-state index in [1.807, 2.05) is 0 Å². The van der Waals surface area contributed by atoms with Crippen molar-refractivity contribution in [1.82, 2.24) is 4.90 Å². The molecule has 0 aromatic carbocycles. The van der Waals surface area contributed by atoms with E-state index in [1.165, 1.54) is 12.8 Å². The minimum absolute atomic E-state index is 0.327. The van der Waals surface area contributed by atoms with Gasteiger partial charge in [0.2, 0.25) is 0 Å². The van der Waals surface area contributed by atoms with Crippen LogP contribution in [0.15, 0.2) is 0 Å². The molecular formula is C11H23NO2. The number of hydrogen-bond acceptors (Lipinski definition) is 3. The summed E-state index contributed by atoms with van der Waals surface area (Å²) in [5.41, 5.74) is 0.535. The summed E-state index contributed by atoms with van der Waals surface area (Å²) in [6, 6.07) is 0. The normalized spacial score (nSPS) is 23.1. The number of rotatable bonds is 6. The molecule has 1 unspecified atom stereocenters. The van der Waals surface area contributed by atoms with Crippen molar-refractivity contribution in [3.05, 3.63) is 0 Å². The standard InChI is InChI=1S/C11H23NO2/c1-4-11(5-2)8-12(9-11)6-10(13)7-14-3/h10,13H,4-9H2,1-3H3. The molecule has 0 saturated carbocycles. The summed E-state index contributed by atoms with van der Waals surface area (Å²) >= 11 is 0. The molecule has 84 valence electrons. The average molecular weight is 201 g/mol. The zero-order valence-electron chi connectivity index (χ0n) is 9.62. The van der Waals surface area contributed by atoms with Gasteiger partial charge in [-0.05, 0) is 18.3 Å². The molecule has 14 heavy (non-hydrogen) atoms. The van der Waals surface area contributed by atoms with Crippen LogP contribution in [-0.2, 0) is 4.74 Å². The van der Waals surface area contributed by atoms with Gasteiger partial charge in [-0.3, -0.25) is 4.90 Å². The molecule has 1 fully saturated rings. The Labute approximate surface area is 87.1 Å². The molecule has 0 aromatic heterocycles. The quantitative estimate of drug-likeness (QED) is 0.699. The number of likely N-dealkylation sites (tertiary alicyclic amines) is 1. The van der Waals surface area contributed by atoms with E-state index in [4.69, 9.17) is 4.74 Å². The van der Waals surface area contributed by atoms with E-state index >= 15 is 0 Å². The second kappa shape index (κ2) is 5.10. The fourth-order valence-electron chi connectivity index (χ4n) is 2.27. The smallest absolute Gasteiger partial charge is 0.0900 e. The Hall–Kier alpha value is -0.120. The molecule has 1 rings (SSSR count). The van der Waals surface area contributed by atoms with Gasteiger partial charge < -0.3 is 9.84 Å². The largest absolute Gasteiger partial charge is 0.389 e. The third-order valence-electron chi connectivity index (χ3n) is 3.45. The highest BCUT2D eigenvalue weighted by Crippen LogP contribution is 2.36. The SMILES string of the molecule is CCC1(CC)CN(CC(O)COC)C1. The Morgan fingerprint density at radius 2 is 1.93 bits per heavy atom. The first-order valence-corrected chi connectivity index (χ1v) is 5.55. The molecule has 0 bridgehead atoms. The summed E-state index contributed by atoms with van der Waals surface area (Å²) in [7, 11) is 1.63. The van der Waals surface area contributed by atoms with Crippen LogP contribution in [-0.4, -0.2) is 49.5 Å². The lowest BCUT2D eigenvalue weighted by Gasteiger charge is -2.50. The number of hydrogen-bond donors (Lipinski definition) is 1. The van der Waals surface area contributed by atoms with Crippen molar-refractivity contribution in [2.24, 2.45) is 5.41 Å². The molecule has 1 aliphatic rings. The molecule has 3 heteroatoms. The number of aliphatic hydroxyl groups is 1. The van der Waals surface area contributed by atoms with Crippen molar-refractivity contribution in [2.45, 2.75) is 32.8 Å². The van der Waals surface area contributed by atoms with Crippen LogP contribution < -0.4 is 0 Å². The molecule has 0 radical (unpaired) electrons. The van der Waals surface area contributed by atoms with Crippen LogP contribution in [0.25, 0.3) is 0 Å². The fourth-order valence-corrected chi connectivity index (χ4v) is 2.27. The number of nitrogens with zero attached hydrogens (tertiary/aromatic N) is 1. The fraction of sp³-hybridized carbons (Fsp3) is 1.00. The van der Waals surface area contributed by atoms with Gasteiger partial charge >= 0.3 is 0 Å². The lowest BCUT2D eigenvalue weighted by atomic mass is 9.75. The highest BCUT2D eigenvalue weighted by Gasteiger charge is 2.39. The first-order valence-electron chi connectivity index (χ1n) is 5.55. The zero-order valence-corrected chi connectivity index (χ0v) is 9.62. The van der Waals surface area contributed by atoms with Gasteiger partial charge in [-0.1, -0.05) is 13.8 Å². The summed E-state index contributed by atoms with van der Waals surface area (Å²) in [5, 5.41) is 9.53. The zero-order chi connectivity index (χ0) is 10.6. The Morgan fingerprint density at radius 3 is 2.36 bits per heavy atom. The van der Waals surface area contributed by atoms with Crippen molar-refractivity contribution < 1.29 is 9.84 Å². The molecule has 1 heterocycles. The van der Waals surface area contributed by atoms with E-state index in [0.717, 1.165) is 19.6 Å². The van der Waals surface area contributed by atoms with Crippen LogP contribution in [0.4, 0.5) is 0 Å². The lowest BCUT2D eigenvalue weighted by Crippen LogP contribution is -2.57. The van der Waals surface area contributed by atoms with E-state index in [0.29, 0.717) is 12.0 Å². The lowest BCUT2D eigenvalue weighted by molar-refractivity contribution is -0.0463. The molecule has 1 saturated heterocycles. The molecule has 0 aromatic rings. The van der Waals surface area contributed by atoms with Gasteiger partial charge in [-0.25, -0.2) is 0 Å². The number of methoxy groups -OCH3 is 1. The van der Waals surface area contributed by atoms with Crippen LogP contribution in [0.2, 0.25) is 0 Å². The van der Waals surface area contributed by atoms with Gasteiger partial charge in [-0.2, -0.15) is 0 Å². The van der Waals surface area contributed by atoms with Crippen molar-refractivity contribution in [3.8, 4) is 0 Å². The summed E-state index contributed by atoms with van der Waals surface area (Å²) in [6.45, 7) is 8.00. The third-order valence-corrected chi connectivity index (χ3v) is 3.45. The number of ether oxygens (including phenoxy) is 1. The Morgan fingerprint density at radius 1 is 1.36 bits per heavy atom. The maximum atomic E-state index is 9.53. The van der Waals surface area contributed by atoms with Crippen molar-refractivity contribution in [2.75, 3.05) is 33.4 Å². The van der Waals surface area contributed by atoms with Crippen LogP contribution >= 0.6 is 0 Å². The average Bonchev–Trinajstić information content (AvgIpc) is 2.11. The minimum Gasteiger partial charge on any atom is -0.389 e. The highest BCUT2D eigenvalue weighted by atomic mass is 16.5. The molecule has 0 spiro atoms. The van der Waals surface area contributed by atoms with E-state index < -0.39 is 0 Å². The van der Waals surface area contributed by atoms with E-state index in [-0.39, 0.29) is 6.10 Å². The van der Waals surface area contributed by atoms with Gasteiger partial charge in [0.1, 0.15) is 0 Å². The molecule has 0 aliphatic carbocycles. The van der Waals surface area contributed by atoms with Crippen LogP contribution in [0.1, 0.15) is 26.7 Å². The van der Waals surface area contributed by atoms with Gasteiger partial charge in [-0.15, -0.1) is 0 Å². The second-order valence-electron chi connectivity index (χ2n) is 4.49. The third kappa shape index (κ3) is 2.69. The minimum atomic E-state index is -0.327. The van der Waals surface area contributed by atoms with Gasteiger partial charge in [0.25, 0.3) is 0 Å². The first kappa shape index (κ1) is 12.0. The van der Waals surface area contributed by atoms with Gasteiger partial charge in [0.15, 0.2) is 0 Å². The van der Waals surface area contributed by atoms with Gasteiger partial charge in [0, 0.05) is 26.7 Å². The number of aliphatic hydroxyl groups excluding tert-OH is 1. The van der Waals surface area contributed by atoms with Gasteiger partial charge in [0.05, 0.1) is 12.7 Å². The molecular weight excluding hydrogens is 178 g/mol. The van der Waals surface area contributed by atoms with Crippen LogP contribution in [0.5, 0.6) is 0 Å². The topological polar surface area (TPSA) is 32.7 Å². The maximum Gasteiger partial charge on any atom is 0.0900 e. The summed E-state index contributed by atoms with van der Waals surface area (Å²) < 4.78 is 4.90. The second-order valence-corrected chi connectivity index (χ2v) is 4.49. The van der Waals surface area contributed by atoms with Crippen LogP contribution in [0.3, 0.4) is 0 Å². The molecule has 0 amide bonds. The first-order chi connectivity index (χ1) is 6.65. The van der Waals surface area contributed by atoms with Crippen molar-refractivity contribution in [1.29, 1.82) is 0 Å². The summed E-state index contributed by atoms with van der Waals surface area (Å²) in [4.78, 5) is 2.32. The van der Waals surface area contributed by atoms with Crippen molar-refractivity contribution >= 4 is 0 Å². The van der Waals surface area contributed by atoms with Crippen LogP contribution in [0, 0.1) is 5.41 Å². The predicted molar refractivity (Wildman–Crippen MR) is 57.3 cm³/mol. The molecule has 1 N–H and O–H groups in total. The summed E-state index contributed by atoms with van der Waals surface area (Å²) in [5.74, 6) is 0. The Kier molecular flexibility index (Phi) is 4.35. The Balaban J connectivity index is 2.20. The maximum absolute atomic E-state index is 9.53. The van der Waals surface area contributed by atoms with Crippen molar-refractivity contribution in [3.63, 3.8) is 0 Å². The molecule has 1 aliphatic heterocycles. The monoisotopic (exact) mass is 201 g/mol. The van der Waals surface area contributed by atoms with E-state index in [2.05, 4.69) is 18.7 Å².